The molecule has 84 valence electrons. The molecule has 0 amide bonds. The van der Waals surface area contributed by atoms with E-state index in [0.29, 0.717) is 6.04 Å². The fraction of sp³-hybridized carbons (Fsp3) is 1.00. The smallest absolute Gasteiger partial charge is 0.0701 e. The van der Waals surface area contributed by atoms with Crippen molar-refractivity contribution in [3.05, 3.63) is 0 Å². The zero-order valence-electron chi connectivity index (χ0n) is 9.26. The van der Waals surface area contributed by atoms with Gasteiger partial charge in [0.15, 0.2) is 0 Å². The zero-order chi connectivity index (χ0) is 10.1. The summed E-state index contributed by atoms with van der Waals surface area (Å²) < 4.78 is 10.9. The molecule has 0 unspecified atom stereocenters. The van der Waals surface area contributed by atoms with Crippen molar-refractivity contribution >= 4 is 0 Å². The minimum atomic E-state index is 0.589. The van der Waals surface area contributed by atoms with Crippen LogP contribution < -0.4 is 5.32 Å². The minimum absolute atomic E-state index is 0.589. The third-order valence-corrected chi connectivity index (χ3v) is 2.50. The van der Waals surface area contributed by atoms with E-state index in [-0.39, 0.29) is 0 Å². The number of hydrogen-bond donors (Lipinski definition) is 1. The number of rotatable bonds is 8. The molecule has 0 aromatic rings. The maximum Gasteiger partial charge on any atom is 0.0701 e. The summed E-state index contributed by atoms with van der Waals surface area (Å²) in [6, 6.07) is 0.589. The SMILES string of the molecule is CCCCOCCOC[C@H]1CCCN1. The van der Waals surface area contributed by atoms with Crippen molar-refractivity contribution < 1.29 is 9.47 Å². The largest absolute Gasteiger partial charge is 0.379 e. The maximum atomic E-state index is 5.51. The summed E-state index contributed by atoms with van der Waals surface area (Å²) in [5.74, 6) is 0. The molecule has 1 saturated heterocycles. The summed E-state index contributed by atoms with van der Waals surface area (Å²) in [6.45, 7) is 6.53. The van der Waals surface area contributed by atoms with Crippen LogP contribution in [-0.4, -0.2) is 39.0 Å². The van der Waals surface area contributed by atoms with Gasteiger partial charge >= 0.3 is 0 Å². The first-order valence-electron chi connectivity index (χ1n) is 5.82. The molecular formula is C11H23NO2. The molecule has 0 spiro atoms. The van der Waals surface area contributed by atoms with Crippen molar-refractivity contribution in [2.24, 2.45) is 0 Å². The molecule has 0 saturated carbocycles. The van der Waals surface area contributed by atoms with Gasteiger partial charge in [-0.15, -0.1) is 0 Å². The molecule has 3 heteroatoms. The van der Waals surface area contributed by atoms with E-state index in [1.54, 1.807) is 0 Å². The number of unbranched alkanes of at least 4 members (excludes halogenated alkanes) is 1. The fourth-order valence-corrected chi connectivity index (χ4v) is 1.59. The van der Waals surface area contributed by atoms with Gasteiger partial charge in [0.2, 0.25) is 0 Å². The van der Waals surface area contributed by atoms with Gasteiger partial charge in [0, 0.05) is 12.6 Å². The Morgan fingerprint density at radius 3 is 2.79 bits per heavy atom. The van der Waals surface area contributed by atoms with Gasteiger partial charge in [-0.2, -0.15) is 0 Å². The van der Waals surface area contributed by atoms with Crippen LogP contribution in [0.25, 0.3) is 0 Å². The van der Waals surface area contributed by atoms with Crippen molar-refractivity contribution in [1.82, 2.24) is 5.32 Å². The summed E-state index contributed by atoms with van der Waals surface area (Å²) >= 11 is 0. The molecule has 3 nitrogen and oxygen atoms in total. The Labute approximate surface area is 87.2 Å². The minimum Gasteiger partial charge on any atom is -0.379 e. The second-order valence-electron chi connectivity index (χ2n) is 3.83. The van der Waals surface area contributed by atoms with E-state index in [1.165, 1.54) is 19.3 Å². The summed E-state index contributed by atoms with van der Waals surface area (Å²) in [6.07, 6.45) is 4.91. The van der Waals surface area contributed by atoms with Crippen LogP contribution in [-0.2, 0) is 9.47 Å². The van der Waals surface area contributed by atoms with Crippen LogP contribution in [0.15, 0.2) is 0 Å². The highest BCUT2D eigenvalue weighted by atomic mass is 16.5. The first-order valence-corrected chi connectivity index (χ1v) is 5.82. The van der Waals surface area contributed by atoms with E-state index in [9.17, 15) is 0 Å². The summed E-state index contributed by atoms with van der Waals surface area (Å²) in [4.78, 5) is 0. The highest BCUT2D eigenvalue weighted by Crippen LogP contribution is 2.04. The average molecular weight is 201 g/mol. The van der Waals surface area contributed by atoms with Crippen molar-refractivity contribution in [3.8, 4) is 0 Å². The molecule has 0 radical (unpaired) electrons. The molecule has 14 heavy (non-hydrogen) atoms. The third-order valence-electron chi connectivity index (χ3n) is 2.50. The molecule has 1 N–H and O–H groups in total. The Morgan fingerprint density at radius 1 is 1.21 bits per heavy atom. The fourth-order valence-electron chi connectivity index (χ4n) is 1.59. The molecule has 1 rings (SSSR count). The van der Waals surface area contributed by atoms with E-state index in [0.717, 1.165) is 39.4 Å². The summed E-state index contributed by atoms with van der Waals surface area (Å²) in [5, 5.41) is 3.40. The monoisotopic (exact) mass is 201 g/mol. The molecule has 1 fully saturated rings. The van der Waals surface area contributed by atoms with E-state index < -0.39 is 0 Å². The Kier molecular flexibility index (Phi) is 7.01. The molecule has 0 bridgehead atoms. The number of nitrogens with one attached hydrogen (secondary N) is 1. The van der Waals surface area contributed by atoms with Gasteiger partial charge in [-0.3, -0.25) is 0 Å². The zero-order valence-corrected chi connectivity index (χ0v) is 9.26. The van der Waals surface area contributed by atoms with Crippen LogP contribution in [0.4, 0.5) is 0 Å². The maximum absolute atomic E-state index is 5.51. The van der Waals surface area contributed by atoms with E-state index in [2.05, 4.69) is 12.2 Å². The Bertz CT molecular complexity index is 124. The van der Waals surface area contributed by atoms with Gasteiger partial charge in [-0.1, -0.05) is 13.3 Å². The highest BCUT2D eigenvalue weighted by molar-refractivity contribution is 4.73. The molecule has 0 aromatic carbocycles. The lowest BCUT2D eigenvalue weighted by atomic mass is 10.2. The molecule has 0 aromatic heterocycles. The van der Waals surface area contributed by atoms with Gasteiger partial charge in [-0.25, -0.2) is 0 Å². The number of hydrogen-bond acceptors (Lipinski definition) is 3. The van der Waals surface area contributed by atoms with Crippen LogP contribution >= 0.6 is 0 Å². The number of ether oxygens (including phenoxy) is 2. The second-order valence-corrected chi connectivity index (χ2v) is 3.83. The third kappa shape index (κ3) is 5.58. The van der Waals surface area contributed by atoms with E-state index >= 15 is 0 Å². The van der Waals surface area contributed by atoms with Gasteiger partial charge < -0.3 is 14.8 Å². The Morgan fingerprint density at radius 2 is 2.07 bits per heavy atom. The van der Waals surface area contributed by atoms with Crippen LogP contribution in [0.1, 0.15) is 32.6 Å². The van der Waals surface area contributed by atoms with Crippen molar-refractivity contribution in [2.75, 3.05) is 33.0 Å². The Balaban J connectivity index is 1.75. The first kappa shape index (κ1) is 12.0. The lowest BCUT2D eigenvalue weighted by Gasteiger charge is -2.10. The Hall–Kier alpha value is -0.120. The van der Waals surface area contributed by atoms with Crippen LogP contribution in [0.5, 0.6) is 0 Å². The predicted octanol–water partition coefficient (Wildman–Crippen LogP) is 1.57. The quantitative estimate of drug-likeness (QED) is 0.605. The van der Waals surface area contributed by atoms with E-state index in [1.807, 2.05) is 0 Å². The van der Waals surface area contributed by atoms with E-state index in [4.69, 9.17) is 9.47 Å². The average Bonchev–Trinajstić information content (AvgIpc) is 2.69. The van der Waals surface area contributed by atoms with Gasteiger partial charge in [0.1, 0.15) is 0 Å². The lowest BCUT2D eigenvalue weighted by Crippen LogP contribution is -2.27. The molecule has 1 aliphatic heterocycles. The molecule has 1 aliphatic rings. The molecule has 0 aliphatic carbocycles. The molecule has 1 atom stereocenters. The predicted molar refractivity (Wildman–Crippen MR) is 57.6 cm³/mol. The first-order chi connectivity index (χ1) is 6.93. The normalized spacial score (nSPS) is 21.6. The van der Waals surface area contributed by atoms with Gasteiger partial charge in [0.25, 0.3) is 0 Å². The summed E-state index contributed by atoms with van der Waals surface area (Å²) in [5.41, 5.74) is 0. The van der Waals surface area contributed by atoms with Crippen molar-refractivity contribution in [1.29, 1.82) is 0 Å². The second kappa shape index (κ2) is 8.21. The topological polar surface area (TPSA) is 30.5 Å². The highest BCUT2D eigenvalue weighted by Gasteiger charge is 2.13. The van der Waals surface area contributed by atoms with Crippen LogP contribution in [0.2, 0.25) is 0 Å². The van der Waals surface area contributed by atoms with Crippen molar-refractivity contribution in [2.45, 2.75) is 38.6 Å². The van der Waals surface area contributed by atoms with Crippen LogP contribution in [0.3, 0.4) is 0 Å². The van der Waals surface area contributed by atoms with Gasteiger partial charge in [-0.05, 0) is 25.8 Å². The van der Waals surface area contributed by atoms with Crippen molar-refractivity contribution in [3.63, 3.8) is 0 Å². The molecule has 1 heterocycles. The van der Waals surface area contributed by atoms with Crippen LogP contribution in [0, 0.1) is 0 Å². The summed E-state index contributed by atoms with van der Waals surface area (Å²) in [7, 11) is 0. The molecular weight excluding hydrogens is 178 g/mol. The lowest BCUT2D eigenvalue weighted by molar-refractivity contribution is 0.0400. The standard InChI is InChI=1S/C11H23NO2/c1-2-3-7-13-8-9-14-10-11-5-4-6-12-11/h11-12H,2-10H2,1H3/t11-/m1/s1. The van der Waals surface area contributed by atoms with Gasteiger partial charge in [0.05, 0.1) is 19.8 Å².